The fourth-order valence-corrected chi connectivity index (χ4v) is 5.29. The second-order valence-corrected chi connectivity index (χ2v) is 10.5. The lowest BCUT2D eigenvalue weighted by Crippen LogP contribution is -2.41. The number of benzene rings is 1. The quantitative estimate of drug-likeness (QED) is 0.627. The molecule has 0 atom stereocenters. The maximum atomic E-state index is 13.2. The molecule has 1 aliphatic rings. The van der Waals surface area contributed by atoms with Gasteiger partial charge in [0.05, 0.1) is 24.7 Å². The Hall–Kier alpha value is -1.85. The van der Waals surface area contributed by atoms with E-state index >= 15 is 0 Å². The third-order valence-corrected chi connectivity index (χ3v) is 7.52. The van der Waals surface area contributed by atoms with E-state index in [0.29, 0.717) is 24.8 Å². The van der Waals surface area contributed by atoms with Crippen LogP contribution in [0.15, 0.2) is 35.4 Å². The number of carbonyl (C=O) groups is 1. The standard InChI is InChI=1S/C20H28N4O4S2/c1-16-4-6-18(7-5-16)30(26,27)24(9-3-8-23-10-12-28-13-11-23)15-19(25)22-20-21-14-17(2)29-20/h4-7,14H,3,8-13,15H2,1-2H3,(H,21,22,25). The lowest BCUT2D eigenvalue weighted by Gasteiger charge is -2.28. The molecule has 0 spiro atoms. The molecule has 1 amide bonds. The molecule has 1 aromatic heterocycles. The van der Waals surface area contributed by atoms with Crippen LogP contribution in [0.3, 0.4) is 0 Å². The first-order valence-electron chi connectivity index (χ1n) is 9.94. The van der Waals surface area contributed by atoms with Crippen molar-refractivity contribution >= 4 is 32.4 Å². The number of nitrogens with one attached hydrogen (secondary N) is 1. The number of thiazole rings is 1. The molecule has 0 bridgehead atoms. The van der Waals surface area contributed by atoms with Crippen molar-refractivity contribution in [2.75, 3.05) is 51.3 Å². The van der Waals surface area contributed by atoms with E-state index in [9.17, 15) is 13.2 Å². The summed E-state index contributed by atoms with van der Waals surface area (Å²) in [5, 5.41) is 3.17. The fourth-order valence-electron chi connectivity index (χ4n) is 3.17. The molecule has 1 N–H and O–H groups in total. The number of hydrogen-bond donors (Lipinski definition) is 1. The molecule has 8 nitrogen and oxygen atoms in total. The van der Waals surface area contributed by atoms with Crippen molar-refractivity contribution in [1.29, 1.82) is 0 Å². The summed E-state index contributed by atoms with van der Waals surface area (Å²) >= 11 is 1.36. The first kappa shape index (κ1) is 22.8. The predicted molar refractivity (Wildman–Crippen MR) is 117 cm³/mol. The molecular formula is C20H28N4O4S2. The molecule has 164 valence electrons. The highest BCUT2D eigenvalue weighted by Gasteiger charge is 2.27. The summed E-state index contributed by atoms with van der Waals surface area (Å²) in [4.78, 5) is 20.1. The van der Waals surface area contributed by atoms with E-state index in [-0.39, 0.29) is 18.0 Å². The van der Waals surface area contributed by atoms with E-state index in [1.54, 1.807) is 30.5 Å². The largest absolute Gasteiger partial charge is 0.379 e. The molecule has 2 heterocycles. The third kappa shape index (κ3) is 6.32. The molecular weight excluding hydrogens is 424 g/mol. The van der Waals surface area contributed by atoms with Gasteiger partial charge in [0.25, 0.3) is 0 Å². The number of morpholine rings is 1. The number of aryl methyl sites for hydroxylation is 2. The molecule has 1 aliphatic heterocycles. The molecule has 0 unspecified atom stereocenters. The SMILES string of the molecule is Cc1ccc(S(=O)(=O)N(CCCN2CCOCC2)CC(=O)Nc2ncc(C)s2)cc1. The van der Waals surface area contributed by atoms with Crippen molar-refractivity contribution in [3.63, 3.8) is 0 Å². The van der Waals surface area contributed by atoms with E-state index in [0.717, 1.165) is 30.1 Å². The molecule has 10 heteroatoms. The Kier molecular flexibility index (Phi) is 7.95. The molecule has 1 saturated heterocycles. The Morgan fingerprint density at radius 2 is 1.93 bits per heavy atom. The number of aromatic nitrogens is 1. The second-order valence-electron chi connectivity index (χ2n) is 7.28. The van der Waals surface area contributed by atoms with Crippen LogP contribution in [0.25, 0.3) is 0 Å². The van der Waals surface area contributed by atoms with E-state index < -0.39 is 15.9 Å². The van der Waals surface area contributed by atoms with E-state index in [1.165, 1.54) is 15.6 Å². The number of rotatable bonds is 9. The maximum Gasteiger partial charge on any atom is 0.243 e. The summed E-state index contributed by atoms with van der Waals surface area (Å²) < 4.78 is 33.0. The minimum atomic E-state index is -3.79. The molecule has 0 aliphatic carbocycles. The smallest absolute Gasteiger partial charge is 0.243 e. The van der Waals surface area contributed by atoms with Crippen LogP contribution in [0, 0.1) is 13.8 Å². The predicted octanol–water partition coefficient (Wildman–Crippen LogP) is 2.11. The van der Waals surface area contributed by atoms with E-state index in [2.05, 4.69) is 15.2 Å². The van der Waals surface area contributed by atoms with Crippen LogP contribution < -0.4 is 5.32 Å². The number of hydrogen-bond acceptors (Lipinski definition) is 7. The minimum Gasteiger partial charge on any atom is -0.379 e. The summed E-state index contributed by atoms with van der Waals surface area (Å²) in [5.74, 6) is -0.397. The Bertz CT molecular complexity index is 938. The Morgan fingerprint density at radius 1 is 1.23 bits per heavy atom. The Labute approximate surface area is 181 Å². The van der Waals surface area contributed by atoms with Gasteiger partial charge in [-0.25, -0.2) is 13.4 Å². The van der Waals surface area contributed by atoms with E-state index in [1.807, 2.05) is 13.8 Å². The second kappa shape index (κ2) is 10.5. The number of nitrogens with zero attached hydrogens (tertiary/aromatic N) is 3. The van der Waals surface area contributed by atoms with Gasteiger partial charge in [0.1, 0.15) is 0 Å². The van der Waals surface area contributed by atoms with Gasteiger partial charge in [-0.3, -0.25) is 9.69 Å². The average molecular weight is 453 g/mol. The molecule has 3 rings (SSSR count). The van der Waals surface area contributed by atoms with Gasteiger partial charge in [-0.05, 0) is 38.9 Å². The van der Waals surface area contributed by atoms with Crippen molar-refractivity contribution in [3.8, 4) is 0 Å². The fraction of sp³-hybridized carbons (Fsp3) is 0.500. The van der Waals surface area contributed by atoms with Crippen molar-refractivity contribution in [2.24, 2.45) is 0 Å². The molecule has 30 heavy (non-hydrogen) atoms. The van der Waals surface area contributed by atoms with Crippen molar-refractivity contribution < 1.29 is 17.9 Å². The number of amides is 1. The lowest BCUT2D eigenvalue weighted by molar-refractivity contribution is -0.116. The first-order chi connectivity index (χ1) is 14.3. The summed E-state index contributed by atoms with van der Waals surface area (Å²) in [5.41, 5.74) is 0.977. The number of sulfonamides is 1. The van der Waals surface area contributed by atoms with Gasteiger partial charge in [-0.15, -0.1) is 11.3 Å². The van der Waals surface area contributed by atoms with Gasteiger partial charge < -0.3 is 10.1 Å². The summed E-state index contributed by atoms with van der Waals surface area (Å²) in [7, 11) is -3.79. The van der Waals surface area contributed by atoms with E-state index in [4.69, 9.17) is 4.74 Å². The molecule has 0 radical (unpaired) electrons. The maximum absolute atomic E-state index is 13.2. The van der Waals surface area contributed by atoms with Gasteiger partial charge in [0.2, 0.25) is 15.9 Å². The van der Waals surface area contributed by atoms with Gasteiger partial charge in [0.15, 0.2) is 5.13 Å². The van der Waals surface area contributed by atoms with Crippen molar-refractivity contribution in [1.82, 2.24) is 14.2 Å². The number of carbonyl (C=O) groups excluding carboxylic acids is 1. The highest BCUT2D eigenvalue weighted by molar-refractivity contribution is 7.89. The topological polar surface area (TPSA) is 91.8 Å². The van der Waals surface area contributed by atoms with Crippen LogP contribution in [0.1, 0.15) is 16.9 Å². The van der Waals surface area contributed by atoms with Crippen molar-refractivity contribution in [2.45, 2.75) is 25.2 Å². The monoisotopic (exact) mass is 452 g/mol. The van der Waals surface area contributed by atoms with Crippen LogP contribution in [0.4, 0.5) is 5.13 Å². The van der Waals surface area contributed by atoms with Gasteiger partial charge >= 0.3 is 0 Å². The zero-order chi connectivity index (χ0) is 21.6. The van der Waals surface area contributed by atoms with Gasteiger partial charge in [-0.1, -0.05) is 17.7 Å². The van der Waals surface area contributed by atoms with Crippen LogP contribution >= 0.6 is 11.3 Å². The van der Waals surface area contributed by atoms with Gasteiger partial charge in [-0.2, -0.15) is 4.31 Å². The minimum absolute atomic E-state index is 0.192. The lowest BCUT2D eigenvalue weighted by atomic mass is 10.2. The third-order valence-electron chi connectivity index (χ3n) is 4.83. The Balaban J connectivity index is 1.69. The van der Waals surface area contributed by atoms with Gasteiger partial charge in [0, 0.05) is 30.7 Å². The molecule has 1 fully saturated rings. The Morgan fingerprint density at radius 3 is 2.57 bits per heavy atom. The van der Waals surface area contributed by atoms with Crippen LogP contribution in [-0.2, 0) is 19.6 Å². The summed E-state index contributed by atoms with van der Waals surface area (Å²) in [6, 6.07) is 6.69. The first-order valence-corrected chi connectivity index (χ1v) is 12.2. The van der Waals surface area contributed by atoms with Crippen molar-refractivity contribution in [3.05, 3.63) is 40.9 Å². The highest BCUT2D eigenvalue weighted by atomic mass is 32.2. The molecule has 1 aromatic carbocycles. The summed E-state index contributed by atoms with van der Waals surface area (Å²) in [6.07, 6.45) is 2.30. The van der Waals surface area contributed by atoms with Crippen LogP contribution in [-0.4, -0.2) is 74.5 Å². The average Bonchev–Trinajstić information content (AvgIpc) is 3.12. The molecule has 2 aromatic rings. The summed E-state index contributed by atoms with van der Waals surface area (Å²) in [6.45, 7) is 7.64. The number of ether oxygens (including phenoxy) is 1. The number of anilines is 1. The highest BCUT2D eigenvalue weighted by Crippen LogP contribution is 2.19. The zero-order valence-corrected chi connectivity index (χ0v) is 19.0. The van der Waals surface area contributed by atoms with Crippen LogP contribution in [0.2, 0.25) is 0 Å². The zero-order valence-electron chi connectivity index (χ0n) is 17.3. The molecule has 0 saturated carbocycles. The normalized spacial score (nSPS) is 15.4. The van der Waals surface area contributed by atoms with Crippen LogP contribution in [0.5, 0.6) is 0 Å².